The van der Waals surface area contributed by atoms with Crippen LogP contribution in [0.1, 0.15) is 37.8 Å². The summed E-state index contributed by atoms with van der Waals surface area (Å²) in [5.41, 5.74) is 1.57. The Balaban J connectivity index is 1.68. The molecular formula is C18H19FN4OS. The number of anilines is 1. The van der Waals surface area contributed by atoms with E-state index in [1.165, 1.54) is 29.9 Å². The van der Waals surface area contributed by atoms with Crippen LogP contribution in [0.4, 0.5) is 9.52 Å². The molecule has 7 heteroatoms. The van der Waals surface area contributed by atoms with Crippen LogP contribution in [0.15, 0.2) is 30.7 Å². The summed E-state index contributed by atoms with van der Waals surface area (Å²) in [6.45, 7) is 0.400. The zero-order chi connectivity index (χ0) is 17.2. The van der Waals surface area contributed by atoms with Crippen LogP contribution >= 0.6 is 11.3 Å². The van der Waals surface area contributed by atoms with Gasteiger partial charge in [-0.05, 0) is 31.0 Å². The van der Waals surface area contributed by atoms with E-state index < -0.39 is 0 Å². The summed E-state index contributed by atoms with van der Waals surface area (Å²) >= 11 is 1.35. The second-order valence-corrected chi connectivity index (χ2v) is 7.45. The zero-order valence-electron chi connectivity index (χ0n) is 13.7. The number of halogens is 1. The van der Waals surface area contributed by atoms with Gasteiger partial charge in [0.15, 0.2) is 5.13 Å². The number of aromatic amines is 1. The molecule has 5 nitrogen and oxygen atoms in total. The Morgan fingerprint density at radius 1 is 1.32 bits per heavy atom. The van der Waals surface area contributed by atoms with E-state index in [1.807, 2.05) is 0 Å². The molecule has 1 fully saturated rings. The highest BCUT2D eigenvalue weighted by Crippen LogP contribution is 2.33. The van der Waals surface area contributed by atoms with Crippen LogP contribution in [0.25, 0.3) is 10.2 Å². The number of imidazole rings is 1. The van der Waals surface area contributed by atoms with Gasteiger partial charge in [0, 0.05) is 12.1 Å². The van der Waals surface area contributed by atoms with Crippen molar-refractivity contribution in [2.45, 2.75) is 38.6 Å². The lowest BCUT2D eigenvalue weighted by atomic mass is 9.88. The number of benzene rings is 1. The topological polar surface area (TPSA) is 61.9 Å². The molecule has 1 amide bonds. The van der Waals surface area contributed by atoms with Crippen molar-refractivity contribution in [3.05, 3.63) is 42.2 Å². The van der Waals surface area contributed by atoms with Crippen LogP contribution in [-0.4, -0.2) is 20.9 Å². The number of fused-ring (bicyclic) bond motifs is 1. The number of hydrogen-bond acceptors (Lipinski definition) is 4. The summed E-state index contributed by atoms with van der Waals surface area (Å²) in [7, 11) is 0. The van der Waals surface area contributed by atoms with Gasteiger partial charge in [-0.25, -0.2) is 14.4 Å². The van der Waals surface area contributed by atoms with Gasteiger partial charge in [-0.3, -0.25) is 9.69 Å². The van der Waals surface area contributed by atoms with E-state index in [0.717, 1.165) is 36.1 Å². The van der Waals surface area contributed by atoms with Gasteiger partial charge in [0.2, 0.25) is 5.91 Å². The van der Waals surface area contributed by atoms with E-state index in [4.69, 9.17) is 0 Å². The summed E-state index contributed by atoms with van der Waals surface area (Å²) in [5.74, 6) is -0.143. The Morgan fingerprint density at radius 3 is 2.92 bits per heavy atom. The molecule has 0 radical (unpaired) electrons. The van der Waals surface area contributed by atoms with E-state index >= 15 is 0 Å². The first-order valence-electron chi connectivity index (χ1n) is 8.55. The summed E-state index contributed by atoms with van der Waals surface area (Å²) in [4.78, 5) is 26.5. The second-order valence-electron chi connectivity index (χ2n) is 6.44. The maximum Gasteiger partial charge on any atom is 0.232 e. The summed E-state index contributed by atoms with van der Waals surface area (Å²) < 4.78 is 14.2. The molecule has 1 N–H and O–H groups in total. The van der Waals surface area contributed by atoms with E-state index in [2.05, 4.69) is 15.0 Å². The Bertz CT molecular complexity index is 870. The quantitative estimate of drug-likeness (QED) is 0.757. The molecule has 1 saturated carbocycles. The second kappa shape index (κ2) is 6.92. The fourth-order valence-corrected chi connectivity index (χ4v) is 4.35. The Hall–Kier alpha value is -2.28. The predicted molar refractivity (Wildman–Crippen MR) is 95.9 cm³/mol. The van der Waals surface area contributed by atoms with Crippen molar-refractivity contribution in [1.82, 2.24) is 15.0 Å². The number of H-pyrrole nitrogens is 1. The summed E-state index contributed by atoms with van der Waals surface area (Å²) in [6.07, 6.45) is 8.57. The molecule has 1 aromatic carbocycles. The van der Waals surface area contributed by atoms with Crippen LogP contribution in [0.5, 0.6) is 0 Å². The van der Waals surface area contributed by atoms with Gasteiger partial charge in [0.1, 0.15) is 5.82 Å². The van der Waals surface area contributed by atoms with Crippen LogP contribution < -0.4 is 4.90 Å². The maximum atomic E-state index is 13.5. The molecule has 1 aliphatic carbocycles. The SMILES string of the molecule is O=C(C1CCCCC1)N(Cc1cnc[nH]1)c1nc2ccc(F)cc2s1. The van der Waals surface area contributed by atoms with Gasteiger partial charge in [-0.2, -0.15) is 0 Å². The van der Waals surface area contributed by atoms with Crippen LogP contribution in [0, 0.1) is 11.7 Å². The van der Waals surface area contributed by atoms with Crippen molar-refractivity contribution in [2.75, 3.05) is 4.90 Å². The van der Waals surface area contributed by atoms with Crippen molar-refractivity contribution >= 4 is 32.6 Å². The lowest BCUT2D eigenvalue weighted by Gasteiger charge is -2.27. The number of carbonyl (C=O) groups is 1. The molecule has 0 atom stereocenters. The zero-order valence-corrected chi connectivity index (χ0v) is 14.6. The Kier molecular flexibility index (Phi) is 4.48. The molecule has 3 aromatic rings. The van der Waals surface area contributed by atoms with Crippen LogP contribution in [0.2, 0.25) is 0 Å². The number of amides is 1. The van der Waals surface area contributed by atoms with Gasteiger partial charge in [0.25, 0.3) is 0 Å². The largest absolute Gasteiger partial charge is 0.347 e. The van der Waals surface area contributed by atoms with Crippen molar-refractivity contribution < 1.29 is 9.18 Å². The van der Waals surface area contributed by atoms with Crippen molar-refractivity contribution in [3.8, 4) is 0 Å². The van der Waals surface area contributed by atoms with Gasteiger partial charge in [-0.15, -0.1) is 0 Å². The number of nitrogens with one attached hydrogen (secondary N) is 1. The van der Waals surface area contributed by atoms with E-state index in [1.54, 1.807) is 23.5 Å². The third kappa shape index (κ3) is 3.42. The third-order valence-electron chi connectivity index (χ3n) is 4.67. The fourth-order valence-electron chi connectivity index (χ4n) is 3.35. The average Bonchev–Trinajstić information content (AvgIpc) is 3.28. The highest BCUT2D eigenvalue weighted by Gasteiger charge is 2.29. The molecule has 1 aliphatic rings. The molecule has 0 aliphatic heterocycles. The number of thiazole rings is 1. The molecule has 25 heavy (non-hydrogen) atoms. The first-order chi connectivity index (χ1) is 12.2. The van der Waals surface area contributed by atoms with E-state index in [0.29, 0.717) is 17.2 Å². The van der Waals surface area contributed by atoms with Crippen molar-refractivity contribution in [1.29, 1.82) is 0 Å². The van der Waals surface area contributed by atoms with Gasteiger partial charge >= 0.3 is 0 Å². The number of hydrogen-bond donors (Lipinski definition) is 1. The van der Waals surface area contributed by atoms with Gasteiger partial charge in [0.05, 0.1) is 28.8 Å². The van der Waals surface area contributed by atoms with E-state index in [-0.39, 0.29) is 17.6 Å². The molecular weight excluding hydrogens is 339 g/mol. The first-order valence-corrected chi connectivity index (χ1v) is 9.37. The fraction of sp³-hybridized carbons (Fsp3) is 0.389. The van der Waals surface area contributed by atoms with Gasteiger partial charge < -0.3 is 4.98 Å². The lowest BCUT2D eigenvalue weighted by molar-refractivity contribution is -0.123. The summed E-state index contributed by atoms with van der Waals surface area (Å²) in [5, 5.41) is 0.616. The molecule has 0 bridgehead atoms. The minimum Gasteiger partial charge on any atom is -0.347 e. The number of rotatable bonds is 4. The number of aromatic nitrogens is 3. The first kappa shape index (κ1) is 16.2. The predicted octanol–water partition coefficient (Wildman–Crippen LogP) is 4.27. The molecule has 0 saturated heterocycles. The third-order valence-corrected chi connectivity index (χ3v) is 5.72. The monoisotopic (exact) mass is 358 g/mol. The maximum absolute atomic E-state index is 13.5. The molecule has 4 rings (SSSR count). The number of carbonyl (C=O) groups excluding carboxylic acids is 1. The van der Waals surface area contributed by atoms with E-state index in [9.17, 15) is 9.18 Å². The summed E-state index contributed by atoms with van der Waals surface area (Å²) in [6, 6.07) is 4.52. The standard InChI is InChI=1S/C18H19FN4OS/c19-13-6-7-15-16(8-13)25-18(22-15)23(10-14-9-20-11-21-14)17(24)12-4-2-1-3-5-12/h6-9,11-12H,1-5,10H2,(H,20,21). The minimum absolute atomic E-state index is 0.0421. The molecule has 0 unspecified atom stereocenters. The molecule has 130 valence electrons. The van der Waals surface area contributed by atoms with Crippen LogP contribution in [-0.2, 0) is 11.3 Å². The Labute approximate surface area is 148 Å². The highest BCUT2D eigenvalue weighted by molar-refractivity contribution is 7.22. The normalized spacial score (nSPS) is 15.6. The minimum atomic E-state index is -0.290. The van der Waals surface area contributed by atoms with Crippen LogP contribution in [0.3, 0.4) is 0 Å². The molecule has 0 spiro atoms. The highest BCUT2D eigenvalue weighted by atomic mass is 32.1. The van der Waals surface area contributed by atoms with Crippen molar-refractivity contribution in [3.63, 3.8) is 0 Å². The smallest absolute Gasteiger partial charge is 0.232 e. The number of nitrogens with zero attached hydrogens (tertiary/aromatic N) is 3. The Morgan fingerprint density at radius 2 is 2.16 bits per heavy atom. The molecule has 2 heterocycles. The van der Waals surface area contributed by atoms with Crippen molar-refractivity contribution in [2.24, 2.45) is 5.92 Å². The van der Waals surface area contributed by atoms with Gasteiger partial charge in [-0.1, -0.05) is 30.6 Å². The molecule has 2 aromatic heterocycles. The average molecular weight is 358 g/mol. The lowest BCUT2D eigenvalue weighted by Crippen LogP contribution is -2.36.